The number of benzene rings is 3. The molecule has 6 fully saturated rings. The maximum Gasteiger partial charge on any atom is 0.178 e. The van der Waals surface area contributed by atoms with Crippen LogP contribution in [0.3, 0.4) is 0 Å². The average molecular weight is 1070 g/mol. The maximum absolute atomic E-state index is 13.1. The summed E-state index contributed by atoms with van der Waals surface area (Å²) in [5.74, 6) is 0.519. The van der Waals surface area contributed by atoms with E-state index in [-0.39, 0.29) is 29.5 Å². The average Bonchev–Trinajstić information content (AvgIpc) is 4.48. The van der Waals surface area contributed by atoms with E-state index >= 15 is 0 Å². The highest BCUT2D eigenvalue weighted by Gasteiger charge is 2.53. The fourth-order valence-corrected chi connectivity index (χ4v) is 14.8. The highest BCUT2D eigenvalue weighted by molar-refractivity contribution is 6.00. The number of carbonyl (C=O) groups is 3. The fourth-order valence-electron chi connectivity index (χ4n) is 14.8. The Kier molecular flexibility index (Phi) is 16.2. The lowest BCUT2D eigenvalue weighted by molar-refractivity contribution is 0.0199. The molecule has 14 nitrogen and oxygen atoms in total. The third-order valence-corrected chi connectivity index (χ3v) is 18.7. The number of rotatable bonds is 13. The highest BCUT2D eigenvalue weighted by Crippen LogP contribution is 2.44. The van der Waals surface area contributed by atoms with E-state index in [2.05, 4.69) is 46.6 Å². The first-order chi connectivity index (χ1) is 38.4. The molecule has 1 N–H and O–H groups in total. The van der Waals surface area contributed by atoms with Crippen molar-refractivity contribution in [2.24, 2.45) is 0 Å². The molecule has 8 atom stereocenters. The van der Waals surface area contributed by atoms with E-state index in [1.807, 2.05) is 127 Å². The summed E-state index contributed by atoms with van der Waals surface area (Å²) in [4.78, 5) is 46.2. The van der Waals surface area contributed by atoms with Crippen LogP contribution in [0.2, 0.25) is 0 Å². The van der Waals surface area contributed by atoms with Crippen molar-refractivity contribution in [1.82, 2.24) is 28.4 Å². The van der Waals surface area contributed by atoms with Gasteiger partial charge in [-0.3, -0.25) is 29.1 Å². The Labute approximate surface area is 471 Å². The summed E-state index contributed by atoms with van der Waals surface area (Å²) in [6.45, 7) is 15.3. The van der Waals surface area contributed by atoms with Crippen molar-refractivity contribution in [3.05, 3.63) is 159 Å². The summed E-state index contributed by atoms with van der Waals surface area (Å²) < 4.78 is 11.9. The number of nitriles is 3. The van der Waals surface area contributed by atoms with Gasteiger partial charge in [-0.1, -0.05) is 6.42 Å². The van der Waals surface area contributed by atoms with Crippen molar-refractivity contribution in [1.29, 1.82) is 15.8 Å². The zero-order valence-corrected chi connectivity index (χ0v) is 47.7. The van der Waals surface area contributed by atoms with E-state index in [4.69, 9.17) is 20.5 Å². The monoisotopic (exact) mass is 1070 g/mol. The van der Waals surface area contributed by atoms with Crippen LogP contribution < -0.4 is 0 Å². The summed E-state index contributed by atoms with van der Waals surface area (Å²) >= 11 is 0. The lowest BCUT2D eigenvalue weighted by atomic mass is 9.87. The van der Waals surface area contributed by atoms with Crippen molar-refractivity contribution < 1.29 is 24.2 Å². The van der Waals surface area contributed by atoms with Crippen molar-refractivity contribution in [3.63, 3.8) is 0 Å². The fraction of sp³-hybridized carbons (Fsp3) is 0.455. The largest absolute Gasteiger partial charge is 0.388 e. The number of carbonyl (C=O) groups excluding carboxylic acids is 3. The molecule has 0 saturated carbocycles. The van der Waals surface area contributed by atoms with Gasteiger partial charge in [-0.15, -0.1) is 0 Å². The third-order valence-electron chi connectivity index (χ3n) is 18.7. The number of ether oxygens (including phenoxy) is 1. The molecule has 3 aromatic heterocycles. The number of hydrogen-bond donors (Lipinski definition) is 1. The molecule has 14 heteroatoms. The summed E-state index contributed by atoms with van der Waals surface area (Å²) in [6, 6.07) is 37.3. The van der Waals surface area contributed by atoms with Gasteiger partial charge in [-0.05, 0) is 204 Å². The van der Waals surface area contributed by atoms with E-state index < -0.39 is 5.60 Å². The van der Waals surface area contributed by atoms with E-state index in [9.17, 15) is 19.5 Å². The first kappa shape index (κ1) is 56.1. The molecule has 3 aromatic carbocycles. The van der Waals surface area contributed by atoms with Crippen molar-refractivity contribution >= 4 is 17.3 Å². The van der Waals surface area contributed by atoms with Crippen molar-refractivity contribution in [2.75, 3.05) is 26.7 Å². The minimum Gasteiger partial charge on any atom is -0.388 e. The second-order valence-corrected chi connectivity index (χ2v) is 23.6. The van der Waals surface area contributed by atoms with Crippen LogP contribution in [0.4, 0.5) is 0 Å². The van der Waals surface area contributed by atoms with Gasteiger partial charge in [0.2, 0.25) is 0 Å². The number of hydrogen-bond acceptors (Lipinski definition) is 11. The van der Waals surface area contributed by atoms with E-state index in [0.29, 0.717) is 66.5 Å². The molecule has 12 rings (SSSR count). The Hall–Kier alpha value is -7.22. The molecule has 6 aliphatic heterocycles. The van der Waals surface area contributed by atoms with Gasteiger partial charge in [0, 0.05) is 111 Å². The first-order valence-electron chi connectivity index (χ1n) is 28.6. The minimum atomic E-state index is -0.678. The Morgan fingerprint density at radius 2 is 0.900 bits per heavy atom. The number of aromatic nitrogens is 3. The standard InChI is InChI=1S/2C22H25N3O2.C22H25N3O/c1-14-10-19(15(2)25(14)17-6-4-16(12-23)5-7-17)20(26)13-24-18-8-9-21(24)22(3,27)11-18;1-14-10-19(15(2)25(14)17-6-4-16(12-23)5-7-17)21(26)13-24-18-8-9-20(24)22(11-18)27-3;1-15-12-21(16(2)25(15)20-8-6-17(13-23)7-9-20)22(26)14-24-18-4-3-5-19(24)11-10-18/h4-7,10,18,21,27H,8-9,11,13H2,1-3H3;4-7,10,18,20,22H,8-9,11,13H2,1-3H3;6-9,12,18-19H,3-5,10-11,14H2,1-2H3/t18?,21?,22-;18?,20?,22-;/m00./s1. The zero-order chi connectivity index (χ0) is 56.7. The molecule has 0 aliphatic carbocycles. The van der Waals surface area contributed by atoms with Crippen LogP contribution in [0.5, 0.6) is 0 Å². The van der Waals surface area contributed by atoms with Crippen LogP contribution in [-0.4, -0.2) is 126 Å². The quantitative estimate of drug-likeness (QED) is 0.109. The number of nitrogens with zero attached hydrogens (tertiary/aromatic N) is 9. The van der Waals surface area contributed by atoms with Gasteiger partial charge < -0.3 is 23.5 Å². The van der Waals surface area contributed by atoms with Crippen LogP contribution in [0.25, 0.3) is 17.1 Å². The minimum absolute atomic E-state index is 0.0912. The van der Waals surface area contributed by atoms with Crippen LogP contribution in [-0.2, 0) is 4.74 Å². The third kappa shape index (κ3) is 10.8. The Balaban J connectivity index is 0.000000135. The van der Waals surface area contributed by atoms with Crippen LogP contribution in [0.1, 0.15) is 159 Å². The first-order valence-corrected chi connectivity index (χ1v) is 28.6. The molecule has 0 radical (unpaired) electrons. The second kappa shape index (κ2) is 23.1. The molecular weight excluding hydrogens is 999 g/mol. The number of ketones is 3. The Bertz CT molecular complexity index is 3420. The van der Waals surface area contributed by atoms with E-state index in [1.165, 1.54) is 38.5 Å². The molecule has 6 aliphatic rings. The number of methoxy groups -OCH3 is 1. The summed E-state index contributed by atoms with van der Waals surface area (Å²) in [7, 11) is 1.77. The molecule has 0 spiro atoms. The normalized spacial score (nSPS) is 24.6. The predicted octanol–water partition coefficient (Wildman–Crippen LogP) is 10.7. The van der Waals surface area contributed by atoms with Gasteiger partial charge in [0.1, 0.15) is 0 Å². The van der Waals surface area contributed by atoms with Gasteiger partial charge in [-0.2, -0.15) is 15.8 Å². The van der Waals surface area contributed by atoms with Crippen molar-refractivity contribution in [2.45, 2.75) is 167 Å². The highest BCUT2D eigenvalue weighted by atomic mass is 16.5. The number of aryl methyl sites for hydroxylation is 3. The topological polar surface area (TPSA) is 177 Å². The lowest BCUT2D eigenvalue weighted by Gasteiger charge is -2.34. The van der Waals surface area contributed by atoms with Crippen LogP contribution in [0, 0.1) is 75.5 Å². The number of piperidine rings is 1. The SMILES string of the molecule is CO[C@H]1CC2CCC1N2CC(=O)c1cc(C)n(-c2ccc(C#N)cc2)c1C.Cc1cc(C(=O)CN2C3CCC2[C@@](C)(O)C3)c(C)n1-c1ccc(C#N)cc1.Cc1cc(C(=O)CN2C3CCCC2CC3)c(C)n1-c1ccc(C#N)cc1. The van der Waals surface area contributed by atoms with Crippen LogP contribution >= 0.6 is 0 Å². The number of aliphatic hydroxyl groups is 1. The van der Waals surface area contributed by atoms with Crippen molar-refractivity contribution in [3.8, 4) is 35.3 Å². The molecule has 6 saturated heterocycles. The molecule has 6 unspecified atom stereocenters. The molecular formula is C66H75N9O5. The molecule has 9 heterocycles. The predicted molar refractivity (Wildman–Crippen MR) is 308 cm³/mol. The van der Waals surface area contributed by atoms with E-state index in [0.717, 1.165) is 100 Å². The zero-order valence-electron chi connectivity index (χ0n) is 47.7. The van der Waals surface area contributed by atoms with Gasteiger partial charge in [0.25, 0.3) is 0 Å². The summed E-state index contributed by atoms with van der Waals surface area (Å²) in [6.07, 6.45) is 12.7. The molecule has 6 bridgehead atoms. The van der Waals surface area contributed by atoms with Gasteiger partial charge in [-0.25, -0.2) is 0 Å². The van der Waals surface area contributed by atoms with Crippen LogP contribution in [0.15, 0.2) is 91.0 Å². The second-order valence-electron chi connectivity index (χ2n) is 23.6. The maximum atomic E-state index is 13.1. The smallest absolute Gasteiger partial charge is 0.178 e. The van der Waals surface area contributed by atoms with Gasteiger partial charge in [0.15, 0.2) is 17.3 Å². The summed E-state index contributed by atoms with van der Waals surface area (Å²) in [5.41, 5.74) is 12.4. The lowest BCUT2D eigenvalue weighted by Crippen LogP contribution is -2.42. The number of Topliss-reactive ketones (excluding diaryl/α,β-unsaturated/α-hetero) is 3. The molecule has 414 valence electrons. The van der Waals surface area contributed by atoms with Gasteiger partial charge in [0.05, 0.1) is 66.2 Å². The molecule has 6 aromatic rings. The van der Waals surface area contributed by atoms with E-state index in [1.54, 1.807) is 19.2 Å². The molecule has 80 heavy (non-hydrogen) atoms. The van der Waals surface area contributed by atoms with Gasteiger partial charge >= 0.3 is 0 Å². The summed E-state index contributed by atoms with van der Waals surface area (Å²) in [5, 5.41) is 37.5. The number of fused-ring (bicyclic) bond motifs is 6. The molecule has 0 amide bonds. The Morgan fingerprint density at radius 1 is 0.525 bits per heavy atom. The Morgan fingerprint density at radius 3 is 1.25 bits per heavy atom.